The zero-order valence-electron chi connectivity index (χ0n) is 19.3. The second kappa shape index (κ2) is 10.4. The van der Waals surface area contributed by atoms with E-state index in [0.717, 1.165) is 21.0 Å². The average molecular weight is 464 g/mol. The number of rotatable bonds is 8. The molecule has 0 aliphatic heterocycles. The predicted molar refractivity (Wildman–Crippen MR) is 133 cm³/mol. The van der Waals surface area contributed by atoms with E-state index < -0.39 is 22.5 Å². The number of aryl methyl sites for hydroxylation is 2. The molecule has 3 aromatic carbocycles. The Morgan fingerprint density at radius 1 is 0.970 bits per heavy atom. The number of anilines is 1. The van der Waals surface area contributed by atoms with Crippen molar-refractivity contribution in [3.63, 3.8) is 0 Å². The molecule has 0 unspecified atom stereocenters. The second-order valence-corrected chi connectivity index (χ2v) is 10.1. The first kappa shape index (κ1) is 24.2. The zero-order chi connectivity index (χ0) is 24.0. The minimum Gasteiger partial charge on any atom is -0.271 e. The summed E-state index contributed by atoms with van der Waals surface area (Å²) in [5.74, 6) is -0.110. The van der Waals surface area contributed by atoms with Crippen molar-refractivity contribution in [3.8, 4) is 0 Å². The molecule has 33 heavy (non-hydrogen) atoms. The lowest BCUT2D eigenvalue weighted by molar-refractivity contribution is -0.119. The Morgan fingerprint density at radius 3 is 2.24 bits per heavy atom. The third-order valence-electron chi connectivity index (χ3n) is 5.40. The number of carbonyl (C=O) groups excluding carboxylic acids is 1. The topological polar surface area (TPSA) is 78.8 Å². The Morgan fingerprint density at radius 2 is 1.64 bits per heavy atom. The quantitative estimate of drug-likeness (QED) is 0.386. The smallest absolute Gasteiger partial charge is 0.264 e. The molecular formula is C26H29N3O3S. The van der Waals surface area contributed by atoms with Crippen molar-refractivity contribution in [2.24, 2.45) is 5.10 Å². The number of carbonyl (C=O) groups is 1. The second-order valence-electron chi connectivity index (χ2n) is 8.21. The Bertz CT molecular complexity index is 1240. The maximum Gasteiger partial charge on any atom is 0.264 e. The van der Waals surface area contributed by atoms with Gasteiger partial charge in [-0.05, 0) is 66.3 Å². The fourth-order valence-electron chi connectivity index (χ4n) is 3.23. The van der Waals surface area contributed by atoms with E-state index in [-0.39, 0.29) is 4.90 Å². The van der Waals surface area contributed by atoms with Crippen LogP contribution in [0, 0.1) is 13.8 Å². The number of hydrogen-bond acceptors (Lipinski definition) is 4. The molecule has 0 radical (unpaired) electrons. The first-order valence-corrected chi connectivity index (χ1v) is 12.2. The zero-order valence-corrected chi connectivity index (χ0v) is 20.1. The minimum atomic E-state index is -3.95. The Kier molecular flexibility index (Phi) is 7.66. The lowest BCUT2D eigenvalue weighted by Crippen LogP contribution is -2.39. The number of benzene rings is 3. The van der Waals surface area contributed by atoms with Crippen LogP contribution < -0.4 is 9.73 Å². The van der Waals surface area contributed by atoms with Crippen molar-refractivity contribution in [2.45, 2.75) is 38.5 Å². The Balaban J connectivity index is 1.81. The van der Waals surface area contributed by atoms with Crippen LogP contribution in [0.2, 0.25) is 0 Å². The van der Waals surface area contributed by atoms with Crippen molar-refractivity contribution in [2.75, 3.05) is 10.8 Å². The maximum atomic E-state index is 13.4. The molecule has 0 saturated carbocycles. The normalized spacial score (nSPS) is 11.7. The summed E-state index contributed by atoms with van der Waals surface area (Å²) >= 11 is 0. The molecule has 1 amide bonds. The fourth-order valence-corrected chi connectivity index (χ4v) is 4.66. The number of nitrogens with zero attached hydrogens (tertiary/aromatic N) is 2. The van der Waals surface area contributed by atoms with Crippen LogP contribution in [-0.4, -0.2) is 27.1 Å². The standard InChI is InChI=1S/C26H29N3O3S/c1-19(2)23-13-11-22(12-14-23)17-27-28-26(30)18-29(24-15-10-20(3)21(4)16-24)33(31,32)25-8-6-5-7-9-25/h5-17,19H,18H2,1-4H3,(H,28,30)/b27-17-. The van der Waals surface area contributed by atoms with Gasteiger partial charge in [-0.2, -0.15) is 5.10 Å². The fraction of sp³-hybridized carbons (Fsp3) is 0.231. The number of sulfonamides is 1. The van der Waals surface area contributed by atoms with E-state index in [1.165, 1.54) is 23.9 Å². The van der Waals surface area contributed by atoms with Crippen LogP contribution in [0.15, 0.2) is 82.8 Å². The highest BCUT2D eigenvalue weighted by molar-refractivity contribution is 7.92. The van der Waals surface area contributed by atoms with Gasteiger partial charge in [0, 0.05) is 0 Å². The third-order valence-corrected chi connectivity index (χ3v) is 7.19. The molecule has 7 heteroatoms. The molecule has 0 heterocycles. The summed E-state index contributed by atoms with van der Waals surface area (Å²) in [4.78, 5) is 12.8. The number of hydrazone groups is 1. The molecule has 0 fully saturated rings. The van der Waals surface area contributed by atoms with Crippen molar-refractivity contribution in [1.82, 2.24) is 5.43 Å². The van der Waals surface area contributed by atoms with Crippen LogP contribution in [0.4, 0.5) is 5.69 Å². The Labute approximate surface area is 196 Å². The van der Waals surface area contributed by atoms with Crippen molar-refractivity contribution in [3.05, 3.63) is 95.1 Å². The van der Waals surface area contributed by atoms with Gasteiger partial charge in [0.2, 0.25) is 0 Å². The van der Waals surface area contributed by atoms with Gasteiger partial charge in [0.25, 0.3) is 15.9 Å². The van der Waals surface area contributed by atoms with Gasteiger partial charge in [-0.25, -0.2) is 13.8 Å². The summed E-state index contributed by atoms with van der Waals surface area (Å²) in [7, 11) is -3.95. The van der Waals surface area contributed by atoms with Crippen molar-refractivity contribution in [1.29, 1.82) is 0 Å². The summed E-state index contributed by atoms with van der Waals surface area (Å²) in [6, 6.07) is 21.3. The van der Waals surface area contributed by atoms with Gasteiger partial charge in [0.1, 0.15) is 6.54 Å². The monoisotopic (exact) mass is 463 g/mol. The maximum absolute atomic E-state index is 13.4. The van der Waals surface area contributed by atoms with Crippen molar-refractivity contribution >= 4 is 27.8 Å². The van der Waals surface area contributed by atoms with E-state index in [4.69, 9.17) is 0 Å². The van der Waals surface area contributed by atoms with E-state index in [2.05, 4.69) is 24.4 Å². The molecular weight excluding hydrogens is 434 g/mol. The van der Waals surface area contributed by atoms with E-state index >= 15 is 0 Å². The average Bonchev–Trinajstić information content (AvgIpc) is 2.80. The molecule has 0 aliphatic carbocycles. The molecule has 0 spiro atoms. The SMILES string of the molecule is Cc1ccc(N(CC(=O)N/N=C\c2ccc(C(C)C)cc2)S(=O)(=O)c2ccccc2)cc1C. The lowest BCUT2D eigenvalue weighted by atomic mass is 10.0. The van der Waals surface area contributed by atoms with Crippen molar-refractivity contribution < 1.29 is 13.2 Å². The molecule has 0 aromatic heterocycles. The van der Waals surface area contributed by atoms with Crippen LogP contribution >= 0.6 is 0 Å². The molecule has 0 bridgehead atoms. The van der Waals surface area contributed by atoms with Gasteiger partial charge in [0.15, 0.2) is 0 Å². The van der Waals surface area contributed by atoms with E-state index in [1.807, 2.05) is 44.2 Å². The van der Waals surface area contributed by atoms with E-state index in [9.17, 15) is 13.2 Å². The van der Waals surface area contributed by atoms with Gasteiger partial charge in [0.05, 0.1) is 16.8 Å². The van der Waals surface area contributed by atoms with Gasteiger partial charge < -0.3 is 0 Å². The number of nitrogens with one attached hydrogen (secondary N) is 1. The lowest BCUT2D eigenvalue weighted by Gasteiger charge is -2.24. The summed E-state index contributed by atoms with van der Waals surface area (Å²) in [5.41, 5.74) is 6.88. The largest absolute Gasteiger partial charge is 0.271 e. The molecule has 1 N–H and O–H groups in total. The highest BCUT2D eigenvalue weighted by atomic mass is 32.2. The van der Waals surface area contributed by atoms with Gasteiger partial charge >= 0.3 is 0 Å². The predicted octanol–water partition coefficient (Wildman–Crippen LogP) is 4.77. The van der Waals surface area contributed by atoms with Gasteiger partial charge in [-0.1, -0.05) is 62.4 Å². The van der Waals surface area contributed by atoms with Crippen LogP contribution in [0.3, 0.4) is 0 Å². The number of hydrogen-bond donors (Lipinski definition) is 1. The molecule has 6 nitrogen and oxygen atoms in total. The first-order valence-electron chi connectivity index (χ1n) is 10.8. The van der Waals surface area contributed by atoms with Crippen LogP contribution in [0.5, 0.6) is 0 Å². The summed E-state index contributed by atoms with van der Waals surface area (Å²) in [6.45, 7) is 7.69. The molecule has 0 aliphatic rings. The first-order chi connectivity index (χ1) is 15.7. The summed E-state index contributed by atoms with van der Waals surface area (Å²) in [6.07, 6.45) is 1.54. The van der Waals surface area contributed by atoms with Gasteiger partial charge in [-0.15, -0.1) is 0 Å². The molecule has 3 aromatic rings. The molecule has 3 rings (SSSR count). The molecule has 0 atom stereocenters. The minimum absolute atomic E-state index is 0.116. The highest BCUT2D eigenvalue weighted by Crippen LogP contribution is 2.25. The summed E-state index contributed by atoms with van der Waals surface area (Å²) in [5, 5.41) is 4.00. The van der Waals surface area contributed by atoms with Crippen LogP contribution in [0.1, 0.15) is 42.0 Å². The van der Waals surface area contributed by atoms with Crippen LogP contribution in [0.25, 0.3) is 0 Å². The molecule has 172 valence electrons. The highest BCUT2D eigenvalue weighted by Gasteiger charge is 2.27. The summed E-state index contributed by atoms with van der Waals surface area (Å²) < 4.78 is 27.8. The molecule has 0 saturated heterocycles. The van der Waals surface area contributed by atoms with E-state index in [0.29, 0.717) is 11.6 Å². The Hall–Kier alpha value is -3.45. The van der Waals surface area contributed by atoms with E-state index in [1.54, 1.807) is 30.3 Å². The number of amides is 1. The van der Waals surface area contributed by atoms with Gasteiger partial charge in [-0.3, -0.25) is 9.10 Å². The third kappa shape index (κ3) is 6.08. The van der Waals surface area contributed by atoms with Crippen LogP contribution in [-0.2, 0) is 14.8 Å².